The van der Waals surface area contributed by atoms with Gasteiger partial charge in [-0.15, -0.1) is 0 Å². The third-order valence-corrected chi connectivity index (χ3v) is 5.42. The van der Waals surface area contributed by atoms with Crippen molar-refractivity contribution < 1.29 is 19.1 Å². The number of carbonyl (C=O) groups excluding carboxylic acids is 2. The Hall–Kier alpha value is -3.41. The minimum absolute atomic E-state index is 0.0450. The molecule has 1 aromatic heterocycles. The molecule has 1 aliphatic rings. The van der Waals surface area contributed by atoms with E-state index in [1.54, 1.807) is 0 Å². The first-order valence-corrected chi connectivity index (χ1v) is 9.59. The summed E-state index contributed by atoms with van der Waals surface area (Å²) in [4.78, 5) is 25.2. The Morgan fingerprint density at radius 3 is 2.14 bits per heavy atom. The molecule has 4 rings (SSSR count). The second-order valence-corrected chi connectivity index (χ2v) is 7.05. The number of esters is 2. The maximum absolute atomic E-state index is 12.6. The van der Waals surface area contributed by atoms with Crippen LogP contribution in [0.4, 0.5) is 0 Å². The lowest BCUT2D eigenvalue weighted by Crippen LogP contribution is -2.15. The summed E-state index contributed by atoms with van der Waals surface area (Å²) in [5.41, 5.74) is 3.21. The van der Waals surface area contributed by atoms with Crippen molar-refractivity contribution in [2.75, 3.05) is 14.2 Å². The molecule has 0 amide bonds. The quantitative estimate of drug-likeness (QED) is 0.605. The van der Waals surface area contributed by atoms with Gasteiger partial charge in [-0.25, -0.2) is 14.3 Å². The lowest BCUT2D eigenvalue weighted by molar-refractivity contribution is 0.0549. The molecule has 2 aromatic carbocycles. The van der Waals surface area contributed by atoms with E-state index in [2.05, 4.69) is 17.2 Å². The van der Waals surface area contributed by atoms with Crippen LogP contribution in [-0.2, 0) is 9.47 Å². The zero-order valence-electron chi connectivity index (χ0n) is 16.4. The largest absolute Gasteiger partial charge is 0.465 e. The van der Waals surface area contributed by atoms with Gasteiger partial charge in [0.2, 0.25) is 0 Å². The monoisotopic (exact) mass is 390 g/mol. The highest BCUT2D eigenvalue weighted by Gasteiger charge is 2.31. The summed E-state index contributed by atoms with van der Waals surface area (Å²) < 4.78 is 11.4. The maximum atomic E-state index is 12.6. The summed E-state index contributed by atoms with van der Waals surface area (Å²) in [7, 11) is 2.56. The first-order valence-electron chi connectivity index (χ1n) is 9.59. The average molecular weight is 390 g/mol. The lowest BCUT2D eigenvalue weighted by atomic mass is 9.80. The van der Waals surface area contributed by atoms with Gasteiger partial charge in [0.15, 0.2) is 5.69 Å². The highest BCUT2D eigenvalue weighted by Crippen LogP contribution is 2.37. The van der Waals surface area contributed by atoms with Gasteiger partial charge in [-0.1, -0.05) is 48.9 Å². The first-order chi connectivity index (χ1) is 14.1. The Labute approximate surface area is 169 Å². The number of hydrogen-bond donors (Lipinski definition) is 0. The number of rotatable bonds is 5. The molecule has 0 N–H and O–H groups in total. The molecule has 1 saturated carbocycles. The van der Waals surface area contributed by atoms with Gasteiger partial charge < -0.3 is 9.47 Å². The van der Waals surface area contributed by atoms with Crippen LogP contribution in [0.1, 0.15) is 51.6 Å². The zero-order chi connectivity index (χ0) is 20.4. The molecule has 1 fully saturated rings. The molecule has 1 aliphatic carbocycles. The van der Waals surface area contributed by atoms with Gasteiger partial charge in [0.1, 0.15) is 11.3 Å². The summed E-state index contributed by atoms with van der Waals surface area (Å²) >= 11 is 0. The van der Waals surface area contributed by atoms with Crippen LogP contribution < -0.4 is 0 Å². The number of benzene rings is 2. The Balaban J connectivity index is 1.89. The molecule has 0 atom stereocenters. The third-order valence-electron chi connectivity index (χ3n) is 5.42. The molecule has 0 radical (unpaired) electrons. The van der Waals surface area contributed by atoms with Gasteiger partial charge in [0, 0.05) is 5.56 Å². The van der Waals surface area contributed by atoms with E-state index in [0.29, 0.717) is 17.3 Å². The number of methoxy groups -OCH3 is 2. The molecular formula is C23H22N2O4. The summed E-state index contributed by atoms with van der Waals surface area (Å²) in [6.45, 7) is 0. The molecule has 3 aromatic rings. The Morgan fingerprint density at radius 1 is 0.931 bits per heavy atom. The van der Waals surface area contributed by atoms with E-state index in [9.17, 15) is 9.59 Å². The normalized spacial score (nSPS) is 13.6. The van der Waals surface area contributed by atoms with E-state index < -0.39 is 11.9 Å². The lowest BCUT2D eigenvalue weighted by Gasteiger charge is -2.25. The van der Waals surface area contributed by atoms with Crippen molar-refractivity contribution in [3.8, 4) is 16.9 Å². The van der Waals surface area contributed by atoms with Crippen LogP contribution in [0.2, 0.25) is 0 Å². The second kappa shape index (κ2) is 7.91. The van der Waals surface area contributed by atoms with Crippen molar-refractivity contribution >= 4 is 11.9 Å². The molecule has 6 heteroatoms. The van der Waals surface area contributed by atoms with Crippen molar-refractivity contribution in [3.63, 3.8) is 0 Å². The van der Waals surface area contributed by atoms with Gasteiger partial charge in [-0.3, -0.25) is 0 Å². The molecule has 29 heavy (non-hydrogen) atoms. The summed E-state index contributed by atoms with van der Waals surface area (Å²) in [6, 6.07) is 17.2. The van der Waals surface area contributed by atoms with Crippen molar-refractivity contribution in [2.45, 2.75) is 25.2 Å². The van der Waals surface area contributed by atoms with E-state index in [1.165, 1.54) is 43.7 Å². The first kappa shape index (κ1) is 18.9. The molecule has 0 aliphatic heterocycles. The van der Waals surface area contributed by atoms with E-state index in [4.69, 9.17) is 9.47 Å². The smallest absolute Gasteiger partial charge is 0.357 e. The predicted octanol–water partition coefficient (Wildman–Crippen LogP) is 4.38. The number of nitrogens with zero attached hydrogens (tertiary/aromatic N) is 2. The highest BCUT2D eigenvalue weighted by molar-refractivity contribution is 6.06. The van der Waals surface area contributed by atoms with Crippen LogP contribution in [-0.4, -0.2) is 35.9 Å². The van der Waals surface area contributed by atoms with Gasteiger partial charge in [-0.2, -0.15) is 5.10 Å². The molecule has 0 saturated heterocycles. The Kier molecular flexibility index (Phi) is 5.16. The molecule has 148 valence electrons. The third kappa shape index (κ3) is 3.42. The molecular weight excluding hydrogens is 368 g/mol. The van der Waals surface area contributed by atoms with Crippen molar-refractivity contribution in [1.29, 1.82) is 0 Å². The molecule has 0 unspecified atom stereocenters. The summed E-state index contributed by atoms with van der Waals surface area (Å²) in [5, 5.41) is 4.61. The van der Waals surface area contributed by atoms with Crippen LogP contribution in [0.5, 0.6) is 0 Å². The van der Waals surface area contributed by atoms with E-state index in [-0.39, 0.29) is 11.3 Å². The van der Waals surface area contributed by atoms with Gasteiger partial charge in [0.25, 0.3) is 0 Å². The van der Waals surface area contributed by atoms with E-state index in [0.717, 1.165) is 5.56 Å². The Bertz CT molecular complexity index is 1030. The van der Waals surface area contributed by atoms with Gasteiger partial charge >= 0.3 is 11.9 Å². The fourth-order valence-corrected chi connectivity index (χ4v) is 3.61. The zero-order valence-corrected chi connectivity index (χ0v) is 16.4. The predicted molar refractivity (Wildman–Crippen MR) is 108 cm³/mol. The average Bonchev–Trinajstić information content (AvgIpc) is 3.13. The van der Waals surface area contributed by atoms with Gasteiger partial charge in [-0.05, 0) is 36.5 Å². The minimum atomic E-state index is -0.654. The molecule has 6 nitrogen and oxygen atoms in total. The van der Waals surface area contributed by atoms with E-state index >= 15 is 0 Å². The van der Waals surface area contributed by atoms with Crippen LogP contribution in [0.15, 0.2) is 54.6 Å². The van der Waals surface area contributed by atoms with Gasteiger partial charge in [0.05, 0.1) is 19.9 Å². The SMILES string of the molecule is COC(=O)c1c(-c2ccc(C3CCC3)cc2)nn(-c2ccccc2)c1C(=O)OC. The molecule has 0 spiro atoms. The van der Waals surface area contributed by atoms with Crippen molar-refractivity contribution in [2.24, 2.45) is 0 Å². The Morgan fingerprint density at radius 2 is 1.59 bits per heavy atom. The fourth-order valence-electron chi connectivity index (χ4n) is 3.61. The number of aromatic nitrogens is 2. The van der Waals surface area contributed by atoms with Crippen LogP contribution in [0.25, 0.3) is 16.9 Å². The minimum Gasteiger partial charge on any atom is -0.465 e. The van der Waals surface area contributed by atoms with Crippen molar-refractivity contribution in [1.82, 2.24) is 9.78 Å². The summed E-state index contributed by atoms with van der Waals surface area (Å²) in [6.07, 6.45) is 3.69. The van der Waals surface area contributed by atoms with Crippen LogP contribution in [0.3, 0.4) is 0 Å². The fraction of sp³-hybridized carbons (Fsp3) is 0.261. The second-order valence-electron chi connectivity index (χ2n) is 7.05. The number of para-hydroxylation sites is 1. The number of ether oxygens (including phenoxy) is 2. The molecule has 1 heterocycles. The van der Waals surface area contributed by atoms with E-state index in [1.807, 2.05) is 42.5 Å². The van der Waals surface area contributed by atoms with Crippen LogP contribution in [0, 0.1) is 0 Å². The number of carbonyl (C=O) groups is 2. The standard InChI is InChI=1S/C23H22N2O4/c1-28-22(26)19-20(17-13-11-16(12-14-17)15-7-6-8-15)24-25(21(19)23(27)29-2)18-9-4-3-5-10-18/h3-5,9-15H,6-8H2,1-2H3. The summed E-state index contributed by atoms with van der Waals surface area (Å²) in [5.74, 6) is -0.679. The maximum Gasteiger partial charge on any atom is 0.357 e. The topological polar surface area (TPSA) is 70.4 Å². The van der Waals surface area contributed by atoms with Crippen molar-refractivity contribution in [3.05, 3.63) is 71.4 Å². The highest BCUT2D eigenvalue weighted by atomic mass is 16.5. The number of hydrogen-bond acceptors (Lipinski definition) is 5. The van der Waals surface area contributed by atoms with Crippen LogP contribution >= 0.6 is 0 Å². The molecule has 0 bridgehead atoms.